The number of fused-ring (bicyclic) bond motifs is 2. The van der Waals surface area contributed by atoms with Crippen LogP contribution in [0.25, 0.3) is 0 Å². The van der Waals surface area contributed by atoms with E-state index in [4.69, 9.17) is 9.47 Å². The van der Waals surface area contributed by atoms with Gasteiger partial charge in [-0.05, 0) is 55.5 Å². The Hall–Kier alpha value is -3.02. The molecule has 2 heterocycles. The average Bonchev–Trinajstić information content (AvgIpc) is 3.20. The van der Waals surface area contributed by atoms with Crippen LogP contribution in [0.5, 0.6) is 11.5 Å². The lowest BCUT2D eigenvalue weighted by atomic mass is 9.96. The van der Waals surface area contributed by atoms with Gasteiger partial charge in [0.05, 0.1) is 0 Å². The first-order valence-corrected chi connectivity index (χ1v) is 10.2. The average molecular weight is 394 g/mol. The van der Waals surface area contributed by atoms with Crippen LogP contribution in [0, 0.1) is 0 Å². The molecule has 0 aromatic heterocycles. The number of carbonyl (C=O) groups is 2. The summed E-state index contributed by atoms with van der Waals surface area (Å²) < 4.78 is 10.6. The van der Waals surface area contributed by atoms with E-state index in [0.29, 0.717) is 31.6 Å². The van der Waals surface area contributed by atoms with Crippen LogP contribution >= 0.6 is 0 Å². The summed E-state index contributed by atoms with van der Waals surface area (Å²) in [5, 5.41) is 2.91. The fourth-order valence-electron chi connectivity index (χ4n) is 3.93. The summed E-state index contributed by atoms with van der Waals surface area (Å²) in [4.78, 5) is 26.9. The lowest BCUT2D eigenvalue weighted by Crippen LogP contribution is -2.42. The van der Waals surface area contributed by atoms with Crippen LogP contribution in [0.15, 0.2) is 42.5 Å². The van der Waals surface area contributed by atoms with Crippen molar-refractivity contribution in [2.24, 2.45) is 0 Å². The van der Waals surface area contributed by atoms with Crippen molar-refractivity contribution in [1.82, 2.24) is 5.32 Å². The second kappa shape index (κ2) is 8.55. The van der Waals surface area contributed by atoms with Crippen LogP contribution in [0.2, 0.25) is 0 Å². The van der Waals surface area contributed by atoms with E-state index in [9.17, 15) is 9.59 Å². The number of nitrogens with one attached hydrogen (secondary N) is 1. The Morgan fingerprint density at radius 3 is 2.83 bits per heavy atom. The van der Waals surface area contributed by atoms with Crippen molar-refractivity contribution in [1.29, 1.82) is 0 Å². The topological polar surface area (TPSA) is 67.9 Å². The minimum atomic E-state index is -0.0532. The molecule has 0 aliphatic carbocycles. The molecule has 2 aromatic rings. The SMILES string of the molecule is C[C@H]1CCc2ccccc2N1C(=O)CCCC(=O)NCc1ccc2c(c1)OCO2. The zero-order chi connectivity index (χ0) is 20.2. The Bertz CT molecular complexity index is 912. The fraction of sp³-hybridized carbons (Fsp3) is 0.391. The molecule has 152 valence electrons. The molecular formula is C23H26N2O4. The van der Waals surface area contributed by atoms with Crippen molar-refractivity contribution >= 4 is 17.5 Å². The summed E-state index contributed by atoms with van der Waals surface area (Å²) in [5.41, 5.74) is 3.20. The monoisotopic (exact) mass is 394 g/mol. The highest BCUT2D eigenvalue weighted by atomic mass is 16.7. The largest absolute Gasteiger partial charge is 0.454 e. The number of para-hydroxylation sites is 1. The van der Waals surface area contributed by atoms with E-state index in [1.165, 1.54) is 5.56 Å². The summed E-state index contributed by atoms with van der Waals surface area (Å²) in [6.07, 6.45) is 3.22. The highest BCUT2D eigenvalue weighted by Gasteiger charge is 2.27. The van der Waals surface area contributed by atoms with E-state index < -0.39 is 0 Å². The molecule has 0 bridgehead atoms. The van der Waals surface area contributed by atoms with Crippen molar-refractivity contribution in [3.63, 3.8) is 0 Å². The predicted octanol–water partition coefficient (Wildman–Crippen LogP) is 3.57. The number of anilines is 1. The number of nitrogens with zero attached hydrogens (tertiary/aromatic N) is 1. The Morgan fingerprint density at radius 2 is 1.93 bits per heavy atom. The maximum atomic E-state index is 12.8. The number of ether oxygens (including phenoxy) is 2. The van der Waals surface area contributed by atoms with E-state index in [-0.39, 0.29) is 24.6 Å². The third kappa shape index (κ3) is 4.36. The van der Waals surface area contributed by atoms with Gasteiger partial charge in [0, 0.05) is 31.1 Å². The van der Waals surface area contributed by atoms with Gasteiger partial charge in [0.15, 0.2) is 11.5 Å². The Kier molecular flexibility index (Phi) is 5.69. The second-order valence-corrected chi connectivity index (χ2v) is 7.60. The summed E-state index contributed by atoms with van der Waals surface area (Å²) in [7, 11) is 0. The number of carbonyl (C=O) groups excluding carboxylic acids is 2. The zero-order valence-corrected chi connectivity index (χ0v) is 16.6. The van der Waals surface area contributed by atoms with E-state index in [0.717, 1.165) is 29.8 Å². The summed E-state index contributed by atoms with van der Waals surface area (Å²) in [5.74, 6) is 1.47. The van der Waals surface area contributed by atoms with Crippen molar-refractivity contribution < 1.29 is 19.1 Å². The standard InChI is InChI=1S/C23H26N2O4/c1-16-9-11-18-5-2-3-6-19(18)25(16)23(27)8-4-7-22(26)24-14-17-10-12-20-21(13-17)29-15-28-20/h2-3,5-6,10,12-13,16H,4,7-9,11,14-15H2,1H3,(H,24,26)/t16-/m0/s1. The smallest absolute Gasteiger partial charge is 0.231 e. The molecule has 1 N–H and O–H groups in total. The third-order valence-corrected chi connectivity index (χ3v) is 5.51. The highest BCUT2D eigenvalue weighted by Crippen LogP contribution is 2.33. The molecule has 0 saturated heterocycles. The normalized spacial score (nSPS) is 17.0. The van der Waals surface area contributed by atoms with Gasteiger partial charge in [-0.3, -0.25) is 9.59 Å². The molecule has 6 nitrogen and oxygen atoms in total. The van der Waals surface area contributed by atoms with Crippen molar-refractivity contribution in [2.45, 2.75) is 51.6 Å². The highest BCUT2D eigenvalue weighted by molar-refractivity contribution is 5.95. The van der Waals surface area contributed by atoms with Crippen molar-refractivity contribution in [3.8, 4) is 11.5 Å². The molecule has 2 aromatic carbocycles. The molecule has 29 heavy (non-hydrogen) atoms. The van der Waals surface area contributed by atoms with Gasteiger partial charge in [-0.2, -0.15) is 0 Å². The van der Waals surface area contributed by atoms with Crippen LogP contribution in [-0.4, -0.2) is 24.6 Å². The molecule has 1 atom stereocenters. The molecule has 0 fully saturated rings. The van der Waals surface area contributed by atoms with Gasteiger partial charge in [-0.15, -0.1) is 0 Å². The number of amides is 2. The van der Waals surface area contributed by atoms with Gasteiger partial charge in [-0.25, -0.2) is 0 Å². The van der Waals surface area contributed by atoms with E-state index in [1.807, 2.05) is 41.3 Å². The summed E-state index contributed by atoms with van der Waals surface area (Å²) in [6, 6.07) is 13.9. The quantitative estimate of drug-likeness (QED) is 0.813. The predicted molar refractivity (Wildman–Crippen MR) is 110 cm³/mol. The first-order chi connectivity index (χ1) is 14.1. The number of hydrogen-bond acceptors (Lipinski definition) is 4. The number of benzene rings is 2. The van der Waals surface area contributed by atoms with Crippen LogP contribution in [-0.2, 0) is 22.6 Å². The van der Waals surface area contributed by atoms with Gasteiger partial charge < -0.3 is 19.7 Å². The van der Waals surface area contributed by atoms with Crippen molar-refractivity contribution in [3.05, 3.63) is 53.6 Å². The molecule has 2 amide bonds. The van der Waals surface area contributed by atoms with E-state index in [1.54, 1.807) is 0 Å². The first-order valence-electron chi connectivity index (χ1n) is 10.2. The van der Waals surface area contributed by atoms with Crippen LogP contribution in [0.4, 0.5) is 5.69 Å². The first kappa shape index (κ1) is 19.3. The number of hydrogen-bond donors (Lipinski definition) is 1. The zero-order valence-electron chi connectivity index (χ0n) is 16.6. The van der Waals surface area contributed by atoms with E-state index in [2.05, 4.69) is 18.3 Å². The van der Waals surface area contributed by atoms with Crippen LogP contribution in [0.3, 0.4) is 0 Å². The molecular weight excluding hydrogens is 368 g/mol. The maximum Gasteiger partial charge on any atom is 0.231 e. The second-order valence-electron chi connectivity index (χ2n) is 7.60. The molecule has 0 radical (unpaired) electrons. The molecule has 0 saturated carbocycles. The van der Waals surface area contributed by atoms with Gasteiger partial charge in [-0.1, -0.05) is 24.3 Å². The lowest BCUT2D eigenvalue weighted by molar-refractivity contribution is -0.121. The Balaban J connectivity index is 1.24. The molecule has 0 spiro atoms. The molecule has 2 aliphatic rings. The third-order valence-electron chi connectivity index (χ3n) is 5.51. The minimum absolute atomic E-state index is 0.0532. The maximum absolute atomic E-state index is 12.8. The lowest BCUT2D eigenvalue weighted by Gasteiger charge is -2.35. The van der Waals surface area contributed by atoms with Gasteiger partial charge in [0.2, 0.25) is 18.6 Å². The van der Waals surface area contributed by atoms with E-state index >= 15 is 0 Å². The Morgan fingerprint density at radius 1 is 1.10 bits per heavy atom. The summed E-state index contributed by atoms with van der Waals surface area (Å²) >= 11 is 0. The van der Waals surface area contributed by atoms with Gasteiger partial charge >= 0.3 is 0 Å². The molecule has 4 rings (SSSR count). The number of rotatable bonds is 6. The minimum Gasteiger partial charge on any atom is -0.454 e. The molecule has 6 heteroatoms. The Labute approximate surface area is 170 Å². The molecule has 0 unspecified atom stereocenters. The van der Waals surface area contributed by atoms with Gasteiger partial charge in [0.25, 0.3) is 0 Å². The fourth-order valence-corrected chi connectivity index (χ4v) is 3.93. The van der Waals surface area contributed by atoms with Crippen LogP contribution in [0.1, 0.15) is 43.7 Å². The number of aryl methyl sites for hydroxylation is 1. The van der Waals surface area contributed by atoms with Crippen LogP contribution < -0.4 is 19.7 Å². The molecule has 2 aliphatic heterocycles. The van der Waals surface area contributed by atoms with Gasteiger partial charge in [0.1, 0.15) is 0 Å². The van der Waals surface area contributed by atoms with Crippen molar-refractivity contribution in [2.75, 3.05) is 11.7 Å². The summed E-state index contributed by atoms with van der Waals surface area (Å²) in [6.45, 7) is 2.76.